The number of aromatic nitrogens is 2. The number of aliphatic carboxylic acids is 1. The van der Waals surface area contributed by atoms with Gasteiger partial charge < -0.3 is 9.67 Å². The molecule has 1 heterocycles. The van der Waals surface area contributed by atoms with Gasteiger partial charge in [0.1, 0.15) is 11.4 Å². The van der Waals surface area contributed by atoms with E-state index in [9.17, 15) is 18.3 Å². The van der Waals surface area contributed by atoms with E-state index in [1.807, 2.05) is 0 Å². The number of hydrogen-bond acceptors (Lipinski definition) is 4. The van der Waals surface area contributed by atoms with Crippen molar-refractivity contribution in [2.45, 2.75) is 43.2 Å². The van der Waals surface area contributed by atoms with Crippen LogP contribution in [0.15, 0.2) is 11.2 Å². The van der Waals surface area contributed by atoms with Crippen LogP contribution in [-0.4, -0.2) is 34.6 Å². The summed E-state index contributed by atoms with van der Waals surface area (Å²) in [6.45, 7) is 1.68. The maximum absolute atomic E-state index is 12.2. The fraction of sp³-hybridized carbons (Fsp3) is 0.636. The van der Waals surface area contributed by atoms with E-state index in [4.69, 9.17) is 0 Å². The van der Waals surface area contributed by atoms with Crippen molar-refractivity contribution in [1.29, 1.82) is 0 Å². The summed E-state index contributed by atoms with van der Waals surface area (Å²) in [5, 5.41) is 9.14. The Labute approximate surface area is 111 Å². The Kier molecular flexibility index (Phi) is 3.40. The fourth-order valence-corrected chi connectivity index (χ4v) is 3.76. The lowest BCUT2D eigenvalue weighted by Crippen LogP contribution is -2.52. The number of aryl methyl sites for hydroxylation is 2. The first-order valence-corrected chi connectivity index (χ1v) is 7.52. The van der Waals surface area contributed by atoms with E-state index in [1.165, 1.54) is 6.20 Å². The number of hydrogen-bond donors (Lipinski definition) is 2. The molecule has 1 saturated carbocycles. The van der Waals surface area contributed by atoms with Gasteiger partial charge in [0, 0.05) is 13.2 Å². The van der Waals surface area contributed by atoms with E-state index < -0.39 is 21.5 Å². The summed E-state index contributed by atoms with van der Waals surface area (Å²) in [4.78, 5) is 15.3. The Morgan fingerprint density at radius 3 is 2.47 bits per heavy atom. The standard InChI is InChI=1S/C11H17N3O4S/c1-8-12-9(7-14(8)2)19(17,18)13-11(10(15)16)5-3-4-6-11/h7,13H,3-6H2,1-2H3,(H,15,16). The van der Waals surface area contributed by atoms with Gasteiger partial charge in [0.25, 0.3) is 10.0 Å². The molecule has 1 aliphatic rings. The van der Waals surface area contributed by atoms with Crippen molar-refractivity contribution in [3.05, 3.63) is 12.0 Å². The number of rotatable bonds is 4. The van der Waals surface area contributed by atoms with E-state index in [-0.39, 0.29) is 5.03 Å². The van der Waals surface area contributed by atoms with Crippen LogP contribution in [0.1, 0.15) is 31.5 Å². The topological polar surface area (TPSA) is 101 Å². The zero-order chi connectivity index (χ0) is 14.3. The number of nitrogens with zero attached hydrogens (tertiary/aromatic N) is 2. The minimum atomic E-state index is -3.91. The average molecular weight is 287 g/mol. The van der Waals surface area contributed by atoms with Crippen LogP contribution in [0.5, 0.6) is 0 Å². The SMILES string of the molecule is Cc1nc(S(=O)(=O)NC2(C(=O)O)CCCC2)cn1C. The Morgan fingerprint density at radius 2 is 2.05 bits per heavy atom. The van der Waals surface area contributed by atoms with E-state index in [1.54, 1.807) is 18.5 Å². The molecule has 7 nitrogen and oxygen atoms in total. The zero-order valence-corrected chi connectivity index (χ0v) is 11.7. The third kappa shape index (κ3) is 2.50. The predicted molar refractivity (Wildman–Crippen MR) is 67.1 cm³/mol. The molecule has 19 heavy (non-hydrogen) atoms. The molecule has 0 bridgehead atoms. The minimum Gasteiger partial charge on any atom is -0.480 e. The van der Waals surface area contributed by atoms with E-state index in [0.29, 0.717) is 31.5 Å². The van der Waals surface area contributed by atoms with Gasteiger partial charge in [-0.15, -0.1) is 0 Å². The molecule has 0 atom stereocenters. The van der Waals surface area contributed by atoms with Crippen molar-refractivity contribution >= 4 is 16.0 Å². The molecule has 0 aliphatic heterocycles. The van der Waals surface area contributed by atoms with Crippen LogP contribution in [0.4, 0.5) is 0 Å². The van der Waals surface area contributed by atoms with Crippen molar-refractivity contribution in [2.75, 3.05) is 0 Å². The monoisotopic (exact) mass is 287 g/mol. The lowest BCUT2D eigenvalue weighted by atomic mass is 10.0. The molecule has 8 heteroatoms. The second-order valence-corrected chi connectivity index (χ2v) is 6.57. The Morgan fingerprint density at radius 1 is 1.47 bits per heavy atom. The third-order valence-electron chi connectivity index (χ3n) is 3.56. The highest BCUT2D eigenvalue weighted by Gasteiger charge is 2.45. The molecule has 1 fully saturated rings. The van der Waals surface area contributed by atoms with Gasteiger partial charge in [-0.2, -0.15) is 4.72 Å². The van der Waals surface area contributed by atoms with Crippen LogP contribution in [0, 0.1) is 6.92 Å². The van der Waals surface area contributed by atoms with Crippen molar-refractivity contribution in [3.63, 3.8) is 0 Å². The highest BCUT2D eigenvalue weighted by molar-refractivity contribution is 7.89. The summed E-state index contributed by atoms with van der Waals surface area (Å²) in [6.07, 6.45) is 3.41. The molecule has 0 unspecified atom stereocenters. The molecular weight excluding hydrogens is 270 g/mol. The first-order chi connectivity index (χ1) is 8.77. The van der Waals surface area contributed by atoms with Crippen molar-refractivity contribution in [3.8, 4) is 0 Å². The lowest BCUT2D eigenvalue weighted by molar-refractivity contribution is -0.143. The van der Waals surface area contributed by atoms with Crippen LogP contribution in [0.3, 0.4) is 0 Å². The first kappa shape index (κ1) is 14.0. The Hall–Kier alpha value is -1.41. The predicted octanol–water partition coefficient (Wildman–Crippen LogP) is 0.404. The summed E-state index contributed by atoms with van der Waals surface area (Å²) in [5.41, 5.74) is -1.38. The smallest absolute Gasteiger partial charge is 0.324 e. The number of carbonyl (C=O) groups is 1. The Bertz CT molecular complexity index is 580. The van der Waals surface area contributed by atoms with Gasteiger partial charge in [-0.05, 0) is 19.8 Å². The van der Waals surface area contributed by atoms with Crippen molar-refractivity contribution in [2.24, 2.45) is 7.05 Å². The van der Waals surface area contributed by atoms with Gasteiger partial charge in [-0.25, -0.2) is 13.4 Å². The number of carboxylic acid groups (broad SMARTS) is 1. The third-order valence-corrected chi connectivity index (χ3v) is 4.96. The quantitative estimate of drug-likeness (QED) is 0.835. The molecule has 0 radical (unpaired) electrons. The second kappa shape index (κ2) is 4.61. The van der Waals surface area contributed by atoms with E-state index in [2.05, 4.69) is 9.71 Å². The molecule has 2 rings (SSSR count). The van der Waals surface area contributed by atoms with Gasteiger partial charge >= 0.3 is 5.97 Å². The van der Waals surface area contributed by atoms with Gasteiger partial charge in [-0.3, -0.25) is 4.79 Å². The van der Waals surface area contributed by atoms with Gasteiger partial charge in [0.05, 0.1) is 0 Å². The number of carboxylic acids is 1. The fourth-order valence-electron chi connectivity index (χ4n) is 2.30. The molecular formula is C11H17N3O4S. The van der Waals surface area contributed by atoms with Crippen molar-refractivity contribution in [1.82, 2.24) is 14.3 Å². The molecule has 0 amide bonds. The van der Waals surface area contributed by atoms with E-state index >= 15 is 0 Å². The molecule has 2 N–H and O–H groups in total. The maximum atomic E-state index is 12.2. The summed E-state index contributed by atoms with van der Waals surface area (Å²) < 4.78 is 28.3. The lowest BCUT2D eigenvalue weighted by Gasteiger charge is -2.24. The first-order valence-electron chi connectivity index (χ1n) is 6.04. The summed E-state index contributed by atoms with van der Waals surface area (Å²) in [7, 11) is -2.23. The molecule has 0 spiro atoms. The molecule has 1 aromatic rings. The van der Waals surface area contributed by atoms with Crippen LogP contribution in [-0.2, 0) is 21.9 Å². The maximum Gasteiger partial charge on any atom is 0.324 e. The highest BCUT2D eigenvalue weighted by Crippen LogP contribution is 2.31. The zero-order valence-electron chi connectivity index (χ0n) is 10.9. The average Bonchev–Trinajstić information content (AvgIpc) is 2.88. The number of sulfonamides is 1. The Balaban J connectivity index is 2.33. The largest absolute Gasteiger partial charge is 0.480 e. The normalized spacial score (nSPS) is 18.6. The van der Waals surface area contributed by atoms with Crippen LogP contribution >= 0.6 is 0 Å². The second-order valence-electron chi connectivity index (χ2n) is 4.94. The van der Waals surface area contributed by atoms with Crippen LogP contribution < -0.4 is 4.72 Å². The van der Waals surface area contributed by atoms with Gasteiger partial charge in [-0.1, -0.05) is 12.8 Å². The molecule has 0 aromatic carbocycles. The highest BCUT2D eigenvalue weighted by atomic mass is 32.2. The summed E-state index contributed by atoms with van der Waals surface area (Å²) in [5.74, 6) is -0.572. The van der Waals surface area contributed by atoms with E-state index in [0.717, 1.165) is 0 Å². The molecule has 1 aliphatic carbocycles. The molecule has 0 saturated heterocycles. The van der Waals surface area contributed by atoms with Crippen molar-refractivity contribution < 1.29 is 18.3 Å². The molecule has 1 aromatic heterocycles. The number of imidazole rings is 1. The minimum absolute atomic E-state index is 0.139. The van der Waals surface area contributed by atoms with Gasteiger partial charge in [0.15, 0.2) is 5.03 Å². The van der Waals surface area contributed by atoms with Gasteiger partial charge in [0.2, 0.25) is 0 Å². The van der Waals surface area contributed by atoms with Crippen LogP contribution in [0.25, 0.3) is 0 Å². The number of nitrogens with one attached hydrogen (secondary N) is 1. The molecule has 106 valence electrons. The summed E-state index contributed by atoms with van der Waals surface area (Å²) >= 11 is 0. The van der Waals surface area contributed by atoms with Crippen LogP contribution in [0.2, 0.25) is 0 Å². The summed E-state index contributed by atoms with van der Waals surface area (Å²) in [6, 6.07) is 0.